The zero-order valence-electron chi connectivity index (χ0n) is 22.6. The Bertz CT molecular complexity index is 1380. The van der Waals surface area contributed by atoms with Gasteiger partial charge in [-0.1, -0.05) is 48.5 Å². The number of nitrogens with zero attached hydrogens (tertiary/aromatic N) is 2. The van der Waals surface area contributed by atoms with Gasteiger partial charge in [0.1, 0.15) is 30.5 Å². The summed E-state index contributed by atoms with van der Waals surface area (Å²) in [4.78, 5) is 53.1. The molecule has 3 fully saturated rings. The second kappa shape index (κ2) is 11.6. The van der Waals surface area contributed by atoms with Gasteiger partial charge in [0, 0.05) is 24.0 Å². The normalized spacial score (nSPS) is 25.6. The quantitative estimate of drug-likeness (QED) is 0.517. The zero-order valence-corrected chi connectivity index (χ0v) is 23.4. The smallest absolute Gasteiger partial charge is 0.407 e. The fraction of sp³-hybridized carbons (Fsp3) is 0.452. The van der Waals surface area contributed by atoms with Crippen LogP contribution < -0.4 is 10.6 Å². The predicted octanol–water partition coefficient (Wildman–Crippen LogP) is 3.73. The van der Waals surface area contributed by atoms with Crippen molar-refractivity contribution in [1.82, 2.24) is 15.5 Å². The van der Waals surface area contributed by atoms with Gasteiger partial charge in [-0.3, -0.25) is 14.4 Å². The Labute approximate surface area is 243 Å². The molecule has 5 atom stereocenters. The van der Waals surface area contributed by atoms with E-state index < -0.39 is 30.1 Å². The Kier molecular flexibility index (Phi) is 7.71. The molecule has 3 amide bonds. The molecule has 2 aliphatic carbocycles. The number of nitrogens with one attached hydrogen (secondary N) is 2. The average molecular weight is 573 g/mol. The highest BCUT2D eigenvalue weighted by Crippen LogP contribution is 2.44. The number of nitriles is 1. The minimum Gasteiger partial charge on any atom is -0.449 e. The Morgan fingerprint density at radius 3 is 2.41 bits per heavy atom. The van der Waals surface area contributed by atoms with Crippen LogP contribution in [0.25, 0.3) is 11.1 Å². The number of carbonyl (C=O) groups excluding carboxylic acids is 4. The summed E-state index contributed by atoms with van der Waals surface area (Å²) in [5.41, 5.74) is 4.48. The molecule has 41 heavy (non-hydrogen) atoms. The number of alkyl carbamates (subject to hydrolysis) is 1. The number of rotatable bonds is 7. The summed E-state index contributed by atoms with van der Waals surface area (Å²) in [5, 5.41) is 14.9. The van der Waals surface area contributed by atoms with Gasteiger partial charge >= 0.3 is 6.09 Å². The lowest BCUT2D eigenvalue weighted by atomic mass is 9.97. The van der Waals surface area contributed by atoms with E-state index in [1.54, 1.807) is 4.90 Å². The number of ketones is 1. The molecule has 9 nitrogen and oxygen atoms in total. The summed E-state index contributed by atoms with van der Waals surface area (Å²) >= 11 is 1.53. The number of thioether (sulfide) groups is 1. The van der Waals surface area contributed by atoms with Crippen LogP contribution in [0.5, 0.6) is 0 Å². The van der Waals surface area contributed by atoms with Crippen LogP contribution in [0.1, 0.15) is 55.6 Å². The minimum atomic E-state index is -0.793. The number of piperidine rings is 1. The molecule has 5 unspecified atom stereocenters. The van der Waals surface area contributed by atoms with E-state index >= 15 is 0 Å². The molecule has 2 aromatic carbocycles. The maximum Gasteiger partial charge on any atom is 0.407 e. The molecule has 1 saturated carbocycles. The molecule has 4 aliphatic rings. The molecule has 0 spiro atoms. The molecule has 2 N–H and O–H groups in total. The van der Waals surface area contributed by atoms with Crippen LogP contribution >= 0.6 is 11.8 Å². The van der Waals surface area contributed by atoms with Crippen molar-refractivity contribution in [3.63, 3.8) is 0 Å². The van der Waals surface area contributed by atoms with Crippen molar-refractivity contribution >= 4 is 35.5 Å². The molecule has 0 bridgehead atoms. The van der Waals surface area contributed by atoms with Crippen molar-refractivity contribution in [3.8, 4) is 17.2 Å². The molecule has 2 saturated heterocycles. The maximum absolute atomic E-state index is 13.5. The highest BCUT2D eigenvalue weighted by atomic mass is 32.2. The first-order valence-corrected chi connectivity index (χ1v) is 15.3. The van der Waals surface area contributed by atoms with Gasteiger partial charge in [0.25, 0.3) is 0 Å². The maximum atomic E-state index is 13.5. The number of benzene rings is 2. The molecule has 0 aromatic heterocycles. The summed E-state index contributed by atoms with van der Waals surface area (Å²) < 4.78 is 5.65. The third kappa shape index (κ3) is 5.31. The van der Waals surface area contributed by atoms with Gasteiger partial charge < -0.3 is 20.3 Å². The van der Waals surface area contributed by atoms with Gasteiger partial charge in [0.2, 0.25) is 11.8 Å². The van der Waals surface area contributed by atoms with Gasteiger partial charge in [-0.05, 0) is 54.4 Å². The Hall–Kier alpha value is -3.84. The lowest BCUT2D eigenvalue weighted by molar-refractivity contribution is -0.143. The first-order chi connectivity index (χ1) is 19.9. The third-order valence-corrected chi connectivity index (χ3v) is 10.1. The number of carbonyl (C=O) groups is 4. The molecular formula is C31H32N4O5S. The van der Waals surface area contributed by atoms with Crippen LogP contribution in [0, 0.1) is 17.2 Å². The van der Waals surface area contributed by atoms with Crippen LogP contribution in [0.4, 0.5) is 4.79 Å². The summed E-state index contributed by atoms with van der Waals surface area (Å²) in [6.45, 7) is 0.146. The third-order valence-electron chi connectivity index (χ3n) is 8.71. The van der Waals surface area contributed by atoms with Gasteiger partial charge in [-0.25, -0.2) is 4.79 Å². The van der Waals surface area contributed by atoms with Crippen molar-refractivity contribution in [1.29, 1.82) is 5.26 Å². The van der Waals surface area contributed by atoms with E-state index in [1.165, 1.54) is 11.8 Å². The fourth-order valence-electron chi connectivity index (χ4n) is 6.65. The topological polar surface area (TPSA) is 129 Å². The van der Waals surface area contributed by atoms with Crippen molar-refractivity contribution in [2.24, 2.45) is 5.92 Å². The van der Waals surface area contributed by atoms with Crippen LogP contribution in [0.2, 0.25) is 0 Å². The molecule has 212 valence electrons. The van der Waals surface area contributed by atoms with E-state index in [-0.39, 0.29) is 35.5 Å². The van der Waals surface area contributed by atoms with Crippen molar-refractivity contribution in [3.05, 3.63) is 59.7 Å². The summed E-state index contributed by atoms with van der Waals surface area (Å²) in [6, 6.07) is 16.0. The molecule has 2 heterocycles. The Morgan fingerprint density at radius 2 is 1.76 bits per heavy atom. The standard InChI is InChI=1S/C31H32N4O5S/c32-15-19(14-18-6-5-11-27(18)36)33-29(37)26-17-41-28-13-12-25(30(38)35(26)28)34-31(39)40-16-24-22-9-3-1-7-20(22)21-8-2-4-10-23(21)24/h1-4,7-10,18-19,24-26,28H,5-6,11-14,16-17H2,(H,33,37)(H,34,39). The predicted molar refractivity (Wildman–Crippen MR) is 153 cm³/mol. The molecule has 6 rings (SSSR count). The van der Waals surface area contributed by atoms with Crippen LogP contribution in [-0.2, 0) is 19.1 Å². The van der Waals surface area contributed by atoms with Crippen molar-refractivity contribution in [2.75, 3.05) is 12.4 Å². The number of amides is 3. The Morgan fingerprint density at radius 1 is 1.05 bits per heavy atom. The van der Waals surface area contributed by atoms with E-state index in [0.717, 1.165) is 35.1 Å². The SMILES string of the molecule is N#CC(CC1CCCC1=O)NC(=O)C1CSC2CCC(NC(=O)OCC3c4ccccc4-c4ccccc43)C(=O)N21. The highest BCUT2D eigenvalue weighted by Gasteiger charge is 2.47. The van der Waals surface area contributed by atoms with E-state index in [9.17, 15) is 24.4 Å². The zero-order chi connectivity index (χ0) is 28.5. The second-order valence-corrected chi connectivity index (χ2v) is 12.3. The minimum absolute atomic E-state index is 0.0877. The summed E-state index contributed by atoms with van der Waals surface area (Å²) in [6.07, 6.45) is 2.80. The molecule has 2 aliphatic heterocycles. The van der Waals surface area contributed by atoms with Gasteiger partial charge in [-0.15, -0.1) is 11.8 Å². The van der Waals surface area contributed by atoms with E-state index in [0.29, 0.717) is 31.4 Å². The highest BCUT2D eigenvalue weighted by molar-refractivity contribution is 8.00. The molecular weight excluding hydrogens is 540 g/mol. The lowest BCUT2D eigenvalue weighted by Crippen LogP contribution is -2.59. The first kappa shape index (κ1) is 27.3. The van der Waals surface area contributed by atoms with Crippen molar-refractivity contribution < 1.29 is 23.9 Å². The number of ether oxygens (including phenoxy) is 1. The first-order valence-electron chi connectivity index (χ1n) is 14.2. The van der Waals surface area contributed by atoms with Crippen LogP contribution in [0.3, 0.4) is 0 Å². The monoisotopic (exact) mass is 572 g/mol. The van der Waals surface area contributed by atoms with E-state index in [1.807, 2.05) is 36.4 Å². The summed E-state index contributed by atoms with van der Waals surface area (Å²) in [5.74, 6) is -0.445. The molecule has 10 heteroatoms. The molecule has 2 aromatic rings. The van der Waals surface area contributed by atoms with Gasteiger partial charge in [0.15, 0.2) is 0 Å². The Balaban J connectivity index is 1.06. The largest absolute Gasteiger partial charge is 0.449 e. The number of hydrogen-bond donors (Lipinski definition) is 2. The average Bonchev–Trinajstić information content (AvgIpc) is 3.69. The number of hydrogen-bond acceptors (Lipinski definition) is 7. The van der Waals surface area contributed by atoms with E-state index in [2.05, 4.69) is 28.8 Å². The second-order valence-electron chi connectivity index (χ2n) is 11.1. The summed E-state index contributed by atoms with van der Waals surface area (Å²) in [7, 11) is 0. The molecule has 0 radical (unpaired) electrons. The number of Topliss-reactive ketones (excluding diaryl/α,β-unsaturated/α-hetero) is 1. The van der Waals surface area contributed by atoms with Gasteiger partial charge in [0.05, 0.1) is 11.4 Å². The fourth-order valence-corrected chi connectivity index (χ4v) is 8.08. The lowest BCUT2D eigenvalue weighted by Gasteiger charge is -2.37. The van der Waals surface area contributed by atoms with Gasteiger partial charge in [-0.2, -0.15) is 5.26 Å². The van der Waals surface area contributed by atoms with Crippen molar-refractivity contribution in [2.45, 2.75) is 67.9 Å². The number of fused-ring (bicyclic) bond motifs is 4. The van der Waals surface area contributed by atoms with Crippen LogP contribution in [-0.4, -0.2) is 64.4 Å². The van der Waals surface area contributed by atoms with E-state index in [4.69, 9.17) is 4.74 Å². The van der Waals surface area contributed by atoms with Crippen LogP contribution in [0.15, 0.2) is 48.5 Å².